The van der Waals surface area contributed by atoms with Crippen molar-refractivity contribution in [3.05, 3.63) is 88.8 Å². The van der Waals surface area contributed by atoms with Gasteiger partial charge in [0.25, 0.3) is 5.91 Å². The number of rotatable bonds is 10. The van der Waals surface area contributed by atoms with Gasteiger partial charge in [-0.2, -0.15) is 10.2 Å². The number of aliphatic hydroxyl groups is 1. The molecule has 12 nitrogen and oxygen atoms in total. The van der Waals surface area contributed by atoms with Crippen LogP contribution in [0.2, 0.25) is 0 Å². The molecule has 2 heterocycles. The number of hydrogen-bond donors (Lipinski definition) is 4. The van der Waals surface area contributed by atoms with E-state index in [1.54, 1.807) is 16.8 Å². The second-order valence-electron chi connectivity index (χ2n) is 14.0. The van der Waals surface area contributed by atoms with Gasteiger partial charge in [-0.25, -0.2) is 23.1 Å². The fourth-order valence-electron chi connectivity index (χ4n) is 7.18. The Kier molecular flexibility index (Phi) is 9.09. The van der Waals surface area contributed by atoms with E-state index in [4.69, 9.17) is 10.8 Å². The number of carbonyl (C=O) groups excluding carboxylic acids is 3. The summed E-state index contributed by atoms with van der Waals surface area (Å²) in [4.78, 5) is 42.4. The molecule has 2 aliphatic carbocycles. The van der Waals surface area contributed by atoms with Crippen LogP contribution in [0.5, 0.6) is 0 Å². The molecule has 0 spiro atoms. The number of amides is 2. The number of benzene rings is 2. The van der Waals surface area contributed by atoms with Crippen molar-refractivity contribution in [1.82, 2.24) is 29.9 Å². The van der Waals surface area contributed by atoms with Gasteiger partial charge in [-0.05, 0) is 68.7 Å². The molecule has 2 aliphatic rings. The predicted octanol–water partition coefficient (Wildman–Crippen LogP) is 4.12. The minimum Gasteiger partial charge on any atom is -0.383 e. The van der Waals surface area contributed by atoms with Gasteiger partial charge in [-0.3, -0.25) is 14.4 Å². The van der Waals surface area contributed by atoms with Crippen LogP contribution in [0.3, 0.4) is 0 Å². The molecular weight excluding hydrogens is 634 g/mol. The Balaban J connectivity index is 1.13. The molecule has 258 valence electrons. The number of aryl methyl sites for hydroxylation is 1. The third kappa shape index (κ3) is 7.24. The van der Waals surface area contributed by atoms with E-state index in [-0.39, 0.29) is 35.4 Å². The van der Waals surface area contributed by atoms with E-state index in [0.29, 0.717) is 72.8 Å². The van der Waals surface area contributed by atoms with Crippen LogP contribution < -0.4 is 16.4 Å². The van der Waals surface area contributed by atoms with Gasteiger partial charge in [-0.15, -0.1) is 0 Å². The minimum atomic E-state index is -2.01. The molecule has 2 aromatic carbocycles. The van der Waals surface area contributed by atoms with Gasteiger partial charge in [-0.1, -0.05) is 19.9 Å². The summed E-state index contributed by atoms with van der Waals surface area (Å²) in [6.45, 7) is 5.69. The van der Waals surface area contributed by atoms with Gasteiger partial charge in [0.15, 0.2) is 5.78 Å². The molecule has 6 rings (SSSR count). The number of nitrogens with one attached hydrogen (secondary N) is 2. The highest BCUT2D eigenvalue weighted by Crippen LogP contribution is 2.38. The predicted molar refractivity (Wildman–Crippen MR) is 176 cm³/mol. The number of aromatic nitrogens is 5. The zero-order valence-electron chi connectivity index (χ0n) is 27.7. The molecule has 0 aliphatic heterocycles. The van der Waals surface area contributed by atoms with Crippen molar-refractivity contribution in [1.29, 1.82) is 0 Å². The molecule has 1 fully saturated rings. The quantitative estimate of drug-likeness (QED) is 0.195. The SMILES string of the molecule is Cc1nn(-c2ccc(C(N)=O)c(NC3CCC(NC(=O)CC(O)(Cn4cncn4)c4ccc(F)cc4F)CC3)c2)c2c1C(=O)CC(C)(C)C2. The van der Waals surface area contributed by atoms with E-state index < -0.39 is 35.5 Å². The first-order chi connectivity index (χ1) is 23.2. The molecular formula is C35H40F2N8O4. The molecule has 2 amide bonds. The van der Waals surface area contributed by atoms with Crippen LogP contribution in [0, 0.1) is 24.0 Å². The number of anilines is 1. The summed E-state index contributed by atoms with van der Waals surface area (Å²) < 4.78 is 31.5. The molecule has 0 radical (unpaired) electrons. The van der Waals surface area contributed by atoms with E-state index in [1.165, 1.54) is 17.3 Å². The first kappa shape index (κ1) is 33.9. The first-order valence-corrected chi connectivity index (χ1v) is 16.3. The Bertz CT molecular complexity index is 1900. The molecule has 0 saturated heterocycles. The number of nitrogens with two attached hydrogens (primary N) is 1. The third-order valence-corrected chi connectivity index (χ3v) is 9.46. The van der Waals surface area contributed by atoms with Crippen LogP contribution in [0.25, 0.3) is 5.69 Å². The van der Waals surface area contributed by atoms with Gasteiger partial charge in [0.1, 0.15) is 29.9 Å². The van der Waals surface area contributed by atoms with E-state index in [2.05, 4.69) is 34.6 Å². The smallest absolute Gasteiger partial charge is 0.250 e. The maximum absolute atomic E-state index is 14.8. The Morgan fingerprint density at radius 3 is 2.49 bits per heavy atom. The van der Waals surface area contributed by atoms with Crippen LogP contribution in [0.4, 0.5) is 14.5 Å². The molecule has 1 atom stereocenters. The van der Waals surface area contributed by atoms with Crippen molar-refractivity contribution in [2.75, 3.05) is 5.32 Å². The number of Topliss-reactive ketones (excluding diaryl/α,β-unsaturated/α-hetero) is 1. The van der Waals surface area contributed by atoms with Gasteiger partial charge in [0.05, 0.1) is 41.2 Å². The molecule has 4 aromatic rings. The van der Waals surface area contributed by atoms with Gasteiger partial charge in [0.2, 0.25) is 5.91 Å². The number of fused-ring (bicyclic) bond motifs is 1. The zero-order valence-corrected chi connectivity index (χ0v) is 27.7. The van der Waals surface area contributed by atoms with Gasteiger partial charge < -0.3 is 21.5 Å². The lowest BCUT2D eigenvalue weighted by Crippen LogP contribution is -2.44. The average Bonchev–Trinajstić information content (AvgIpc) is 3.64. The lowest BCUT2D eigenvalue weighted by Gasteiger charge is -2.33. The standard InChI is InChI=1S/C35H40F2N8O4/c1-20-32-29(14-34(2,3)15-30(32)46)45(43-20)24-9-10-25(33(38)48)28(13-24)41-22-5-7-23(8-6-22)42-31(47)16-35(49,17-44-19-39-18-40-44)26-11-4-21(36)12-27(26)37/h4,9-13,18-19,22-23,41,49H,5-8,14-17H2,1-3H3,(H2,38,48)(H,42,47). The Morgan fingerprint density at radius 2 is 1.82 bits per heavy atom. The minimum absolute atomic E-state index is 0.0344. The van der Waals surface area contributed by atoms with Crippen molar-refractivity contribution in [3.63, 3.8) is 0 Å². The summed E-state index contributed by atoms with van der Waals surface area (Å²) >= 11 is 0. The number of carbonyl (C=O) groups is 3. The highest BCUT2D eigenvalue weighted by molar-refractivity contribution is 6.00. The topological polar surface area (TPSA) is 170 Å². The molecule has 1 saturated carbocycles. The first-order valence-electron chi connectivity index (χ1n) is 16.3. The highest BCUT2D eigenvalue weighted by Gasteiger charge is 2.38. The molecule has 1 unspecified atom stereocenters. The summed E-state index contributed by atoms with van der Waals surface area (Å²) in [6, 6.07) is 7.85. The van der Waals surface area contributed by atoms with Gasteiger partial charge >= 0.3 is 0 Å². The molecule has 0 bridgehead atoms. The van der Waals surface area contributed by atoms with Crippen molar-refractivity contribution in [2.45, 2.75) is 89.9 Å². The molecule has 49 heavy (non-hydrogen) atoms. The zero-order chi connectivity index (χ0) is 35.1. The third-order valence-electron chi connectivity index (χ3n) is 9.46. The summed E-state index contributed by atoms with van der Waals surface area (Å²) in [6.07, 6.45) is 5.76. The maximum atomic E-state index is 14.8. The fraction of sp³-hybridized carbons (Fsp3) is 0.429. The second kappa shape index (κ2) is 13.1. The summed E-state index contributed by atoms with van der Waals surface area (Å²) in [7, 11) is 0. The van der Waals surface area contributed by atoms with E-state index in [1.807, 2.05) is 13.0 Å². The monoisotopic (exact) mass is 674 g/mol. The maximum Gasteiger partial charge on any atom is 0.250 e. The van der Waals surface area contributed by atoms with Crippen LogP contribution in [0.1, 0.15) is 90.0 Å². The van der Waals surface area contributed by atoms with Crippen LogP contribution in [-0.2, 0) is 23.4 Å². The summed E-state index contributed by atoms with van der Waals surface area (Å²) in [5, 5.41) is 26.6. The number of ketones is 1. The van der Waals surface area contributed by atoms with E-state index in [0.717, 1.165) is 17.8 Å². The lowest BCUT2D eigenvalue weighted by molar-refractivity contribution is -0.128. The van der Waals surface area contributed by atoms with Gasteiger partial charge in [0, 0.05) is 35.8 Å². The molecule has 2 aromatic heterocycles. The largest absolute Gasteiger partial charge is 0.383 e. The van der Waals surface area contributed by atoms with E-state index in [9.17, 15) is 28.3 Å². The second-order valence-corrected chi connectivity index (χ2v) is 14.0. The fourth-order valence-corrected chi connectivity index (χ4v) is 7.18. The number of hydrogen-bond acceptors (Lipinski definition) is 8. The molecule has 5 N–H and O–H groups in total. The van der Waals surface area contributed by atoms with Crippen LogP contribution >= 0.6 is 0 Å². The molecule has 14 heteroatoms. The number of halogens is 2. The average molecular weight is 675 g/mol. The van der Waals surface area contributed by atoms with Crippen molar-refractivity contribution in [2.24, 2.45) is 11.1 Å². The number of nitrogens with zero attached hydrogens (tertiary/aromatic N) is 5. The summed E-state index contributed by atoms with van der Waals surface area (Å²) in [5.74, 6) is -2.77. The van der Waals surface area contributed by atoms with Crippen molar-refractivity contribution < 1.29 is 28.3 Å². The normalized spacial score (nSPS) is 19.9. The van der Waals surface area contributed by atoms with E-state index >= 15 is 0 Å². The van der Waals surface area contributed by atoms with Crippen molar-refractivity contribution in [3.8, 4) is 5.69 Å². The van der Waals surface area contributed by atoms with Crippen LogP contribution in [-0.4, -0.2) is 59.3 Å². The van der Waals surface area contributed by atoms with Crippen molar-refractivity contribution >= 4 is 23.3 Å². The Hall–Kier alpha value is -4.98. The number of primary amides is 1. The Labute approximate surface area is 282 Å². The lowest BCUT2D eigenvalue weighted by atomic mass is 9.75. The highest BCUT2D eigenvalue weighted by atomic mass is 19.1. The summed E-state index contributed by atoms with van der Waals surface area (Å²) in [5.41, 5.74) is 7.07. The van der Waals surface area contributed by atoms with Crippen LogP contribution in [0.15, 0.2) is 49.1 Å². The Morgan fingerprint density at radius 1 is 1.08 bits per heavy atom.